The lowest BCUT2D eigenvalue weighted by atomic mass is 10.1. The van der Waals surface area contributed by atoms with Crippen LogP contribution in [0.4, 0.5) is 0 Å². The maximum absolute atomic E-state index is 6.18. The molecule has 2 nitrogen and oxygen atoms in total. The normalized spacial score (nSPS) is 12.4. The number of para-hydroxylation sites is 1. The summed E-state index contributed by atoms with van der Waals surface area (Å²) in [5.74, 6) is 0.805. The van der Waals surface area contributed by atoms with E-state index in [0.29, 0.717) is 0 Å². The Morgan fingerprint density at radius 1 is 1.25 bits per heavy atom. The highest BCUT2D eigenvalue weighted by Gasteiger charge is 2.15. The van der Waals surface area contributed by atoms with Gasteiger partial charge < -0.3 is 10.5 Å². The zero-order valence-electron chi connectivity index (χ0n) is 8.81. The van der Waals surface area contributed by atoms with Crippen LogP contribution < -0.4 is 10.5 Å². The van der Waals surface area contributed by atoms with Gasteiger partial charge in [-0.05, 0) is 18.2 Å². The first kappa shape index (κ1) is 11.5. The molecule has 1 heterocycles. The van der Waals surface area contributed by atoms with Gasteiger partial charge in [-0.25, -0.2) is 0 Å². The van der Waals surface area contributed by atoms with Crippen LogP contribution >= 0.6 is 22.9 Å². The lowest BCUT2D eigenvalue weighted by molar-refractivity contribution is 0.408. The monoisotopic (exact) mass is 253 g/mol. The first-order chi connectivity index (χ1) is 7.72. The Kier molecular flexibility index (Phi) is 3.49. The fourth-order valence-corrected chi connectivity index (χ4v) is 2.65. The number of hydrogen-bond acceptors (Lipinski definition) is 3. The minimum Gasteiger partial charge on any atom is -0.496 e. The summed E-state index contributed by atoms with van der Waals surface area (Å²) in [5.41, 5.74) is 7.15. The van der Waals surface area contributed by atoms with Gasteiger partial charge in [0, 0.05) is 10.4 Å². The number of benzene rings is 1. The smallest absolute Gasteiger partial charge is 0.124 e. The first-order valence-corrected chi connectivity index (χ1v) is 6.05. The van der Waals surface area contributed by atoms with Gasteiger partial charge in [-0.3, -0.25) is 0 Å². The second-order valence-electron chi connectivity index (χ2n) is 3.36. The Balaban J connectivity index is 2.36. The van der Waals surface area contributed by atoms with Gasteiger partial charge in [-0.1, -0.05) is 29.8 Å². The average Bonchev–Trinajstić information content (AvgIpc) is 2.75. The predicted molar refractivity (Wildman–Crippen MR) is 68.4 cm³/mol. The molecule has 16 heavy (non-hydrogen) atoms. The van der Waals surface area contributed by atoms with E-state index in [9.17, 15) is 0 Å². The van der Waals surface area contributed by atoms with Gasteiger partial charge >= 0.3 is 0 Å². The molecular formula is C12H12ClNOS. The van der Waals surface area contributed by atoms with Crippen LogP contribution in [0.2, 0.25) is 4.34 Å². The minimum absolute atomic E-state index is 0.186. The minimum atomic E-state index is -0.186. The number of nitrogens with two attached hydrogens (primary N) is 1. The summed E-state index contributed by atoms with van der Waals surface area (Å²) in [6.07, 6.45) is 0. The Morgan fingerprint density at radius 2 is 2.00 bits per heavy atom. The van der Waals surface area contributed by atoms with E-state index in [4.69, 9.17) is 22.1 Å². The Hall–Kier alpha value is -1.03. The third kappa shape index (κ3) is 2.21. The van der Waals surface area contributed by atoms with Crippen molar-refractivity contribution in [2.24, 2.45) is 5.73 Å². The molecular weight excluding hydrogens is 242 g/mol. The third-order valence-corrected chi connectivity index (χ3v) is 3.69. The van der Waals surface area contributed by atoms with Crippen LogP contribution in [0.25, 0.3) is 0 Å². The van der Waals surface area contributed by atoms with E-state index >= 15 is 0 Å². The summed E-state index contributed by atoms with van der Waals surface area (Å²) in [7, 11) is 1.65. The van der Waals surface area contributed by atoms with Crippen LogP contribution in [-0.2, 0) is 0 Å². The van der Waals surface area contributed by atoms with Gasteiger partial charge in [-0.2, -0.15) is 0 Å². The lowest BCUT2D eigenvalue weighted by Crippen LogP contribution is -2.11. The Labute approximate surface area is 104 Å². The van der Waals surface area contributed by atoms with Crippen molar-refractivity contribution in [1.29, 1.82) is 0 Å². The quantitative estimate of drug-likeness (QED) is 0.909. The SMILES string of the molecule is COc1ccccc1C(N)c1ccc(Cl)s1. The van der Waals surface area contributed by atoms with Crippen LogP contribution in [-0.4, -0.2) is 7.11 Å². The van der Waals surface area contributed by atoms with Crippen molar-refractivity contribution in [2.75, 3.05) is 7.11 Å². The van der Waals surface area contributed by atoms with Crippen molar-refractivity contribution in [2.45, 2.75) is 6.04 Å². The standard InChI is InChI=1S/C12H12ClNOS/c1-15-9-5-3-2-4-8(9)12(14)10-6-7-11(13)16-10/h2-7,12H,14H2,1H3. The van der Waals surface area contributed by atoms with Gasteiger partial charge in [0.1, 0.15) is 5.75 Å². The number of rotatable bonds is 3. The van der Waals surface area contributed by atoms with E-state index < -0.39 is 0 Å². The Morgan fingerprint density at radius 3 is 2.62 bits per heavy atom. The van der Waals surface area contributed by atoms with Crippen molar-refractivity contribution in [3.8, 4) is 5.75 Å². The van der Waals surface area contributed by atoms with E-state index in [0.717, 1.165) is 20.5 Å². The van der Waals surface area contributed by atoms with Crippen LogP contribution in [0.3, 0.4) is 0 Å². The van der Waals surface area contributed by atoms with Crippen LogP contribution in [0.1, 0.15) is 16.5 Å². The summed E-state index contributed by atoms with van der Waals surface area (Å²) < 4.78 is 6.04. The highest BCUT2D eigenvalue weighted by Crippen LogP contribution is 2.33. The average molecular weight is 254 g/mol. The van der Waals surface area contributed by atoms with Gasteiger partial charge in [0.05, 0.1) is 17.5 Å². The number of halogens is 1. The summed E-state index contributed by atoms with van der Waals surface area (Å²) in [4.78, 5) is 1.04. The van der Waals surface area contributed by atoms with Crippen LogP contribution in [0, 0.1) is 0 Å². The zero-order valence-corrected chi connectivity index (χ0v) is 10.4. The second kappa shape index (κ2) is 4.87. The fourth-order valence-electron chi connectivity index (χ4n) is 1.57. The topological polar surface area (TPSA) is 35.2 Å². The van der Waals surface area contributed by atoms with Crippen LogP contribution in [0.15, 0.2) is 36.4 Å². The predicted octanol–water partition coefficient (Wildman–Crippen LogP) is 3.46. The molecule has 0 radical (unpaired) electrons. The number of methoxy groups -OCH3 is 1. The first-order valence-electron chi connectivity index (χ1n) is 4.86. The molecule has 0 amide bonds. The molecule has 0 saturated heterocycles. The van der Waals surface area contributed by atoms with Crippen molar-refractivity contribution < 1.29 is 4.74 Å². The number of ether oxygens (including phenoxy) is 1. The molecule has 2 aromatic rings. The maximum Gasteiger partial charge on any atom is 0.124 e. The van der Waals surface area contributed by atoms with Crippen molar-refractivity contribution in [3.63, 3.8) is 0 Å². The molecule has 2 rings (SSSR count). The lowest BCUT2D eigenvalue weighted by Gasteiger charge is -2.13. The van der Waals surface area contributed by atoms with Crippen molar-refractivity contribution in [3.05, 3.63) is 51.2 Å². The molecule has 0 aliphatic rings. The summed E-state index contributed by atoms with van der Waals surface area (Å²) in [6, 6.07) is 11.4. The van der Waals surface area contributed by atoms with Crippen molar-refractivity contribution >= 4 is 22.9 Å². The molecule has 0 saturated carbocycles. The fraction of sp³-hybridized carbons (Fsp3) is 0.167. The summed E-state index contributed by atoms with van der Waals surface area (Å²) in [6.45, 7) is 0. The molecule has 1 unspecified atom stereocenters. The molecule has 0 aliphatic carbocycles. The van der Waals surface area contributed by atoms with E-state index in [2.05, 4.69) is 0 Å². The van der Waals surface area contributed by atoms with Gasteiger partial charge in [0.25, 0.3) is 0 Å². The van der Waals surface area contributed by atoms with Crippen LogP contribution in [0.5, 0.6) is 5.75 Å². The highest BCUT2D eigenvalue weighted by molar-refractivity contribution is 7.16. The largest absolute Gasteiger partial charge is 0.496 e. The molecule has 1 aromatic heterocycles. The van der Waals surface area contributed by atoms with Gasteiger partial charge in [-0.15, -0.1) is 11.3 Å². The van der Waals surface area contributed by atoms with E-state index in [1.54, 1.807) is 7.11 Å². The molecule has 0 fully saturated rings. The number of hydrogen-bond donors (Lipinski definition) is 1. The van der Waals surface area contributed by atoms with Crippen molar-refractivity contribution in [1.82, 2.24) is 0 Å². The molecule has 4 heteroatoms. The zero-order chi connectivity index (χ0) is 11.5. The molecule has 2 N–H and O–H groups in total. The highest BCUT2D eigenvalue weighted by atomic mass is 35.5. The summed E-state index contributed by atoms with van der Waals surface area (Å²) in [5, 5.41) is 0. The third-order valence-electron chi connectivity index (χ3n) is 2.37. The van der Waals surface area contributed by atoms with Gasteiger partial charge in [0.2, 0.25) is 0 Å². The molecule has 0 bridgehead atoms. The second-order valence-corrected chi connectivity index (χ2v) is 5.11. The van der Waals surface area contributed by atoms with Gasteiger partial charge in [0.15, 0.2) is 0 Å². The number of thiophene rings is 1. The molecule has 0 aliphatic heterocycles. The Bertz CT molecular complexity index is 483. The summed E-state index contributed by atoms with van der Waals surface area (Å²) >= 11 is 7.39. The van der Waals surface area contributed by atoms with E-state index in [1.165, 1.54) is 11.3 Å². The molecule has 1 atom stereocenters. The van der Waals surface area contributed by atoms with E-state index in [1.807, 2.05) is 36.4 Å². The molecule has 0 spiro atoms. The molecule has 1 aromatic carbocycles. The molecule has 84 valence electrons. The maximum atomic E-state index is 6.18. The van der Waals surface area contributed by atoms with E-state index in [-0.39, 0.29) is 6.04 Å².